The normalized spacial score (nSPS) is 11.1. The first-order chi connectivity index (χ1) is 10.0. The molecule has 0 saturated carbocycles. The van der Waals surface area contributed by atoms with Crippen LogP contribution < -0.4 is 9.46 Å². The summed E-state index contributed by atoms with van der Waals surface area (Å²) in [7, 11) is -4.00. The van der Waals surface area contributed by atoms with Gasteiger partial charge in [-0.05, 0) is 30.7 Å². The minimum atomic E-state index is -4.00. The van der Waals surface area contributed by atoms with Crippen molar-refractivity contribution < 1.29 is 17.5 Å². The van der Waals surface area contributed by atoms with E-state index in [0.717, 1.165) is 12.5 Å². The molecule has 4 nitrogen and oxygen atoms in total. The highest BCUT2D eigenvalue weighted by Crippen LogP contribution is 2.27. The lowest BCUT2D eigenvalue weighted by molar-refractivity contribution is 0.319. The number of sulfonamides is 1. The maximum Gasteiger partial charge on any atom is 0.264 e. The molecule has 0 saturated heterocycles. The van der Waals surface area contributed by atoms with Crippen LogP contribution in [0, 0.1) is 5.82 Å². The zero-order valence-corrected chi connectivity index (χ0v) is 12.4. The fourth-order valence-electron chi connectivity index (χ4n) is 1.75. The summed E-state index contributed by atoms with van der Waals surface area (Å²) in [5.41, 5.74) is 0.286. The molecule has 0 aliphatic rings. The molecular weight excluding hydrogens is 293 g/mol. The second kappa shape index (κ2) is 6.58. The van der Waals surface area contributed by atoms with E-state index in [1.165, 1.54) is 18.2 Å². The molecule has 0 unspecified atom stereocenters. The van der Waals surface area contributed by atoms with Crippen molar-refractivity contribution in [1.82, 2.24) is 0 Å². The summed E-state index contributed by atoms with van der Waals surface area (Å²) in [6, 6.07) is 11.9. The fourth-order valence-corrected chi connectivity index (χ4v) is 2.90. The molecule has 0 aliphatic heterocycles. The lowest BCUT2D eigenvalue weighted by Crippen LogP contribution is -2.15. The van der Waals surface area contributed by atoms with Crippen molar-refractivity contribution >= 4 is 15.7 Å². The SMILES string of the molecule is CCCOc1ccccc1NS(=O)(=O)c1ccccc1F. The first-order valence-electron chi connectivity index (χ1n) is 6.54. The number of anilines is 1. The van der Waals surface area contributed by atoms with Crippen LogP contribution in [0.3, 0.4) is 0 Å². The van der Waals surface area contributed by atoms with Crippen molar-refractivity contribution in [3.63, 3.8) is 0 Å². The van der Waals surface area contributed by atoms with Gasteiger partial charge < -0.3 is 4.74 Å². The first kappa shape index (κ1) is 15.3. The molecule has 0 amide bonds. The predicted octanol–water partition coefficient (Wildman–Crippen LogP) is 3.42. The quantitative estimate of drug-likeness (QED) is 0.889. The Morgan fingerprint density at radius 1 is 1.10 bits per heavy atom. The average Bonchev–Trinajstić information content (AvgIpc) is 2.46. The Labute approximate surface area is 123 Å². The topological polar surface area (TPSA) is 55.4 Å². The summed E-state index contributed by atoms with van der Waals surface area (Å²) >= 11 is 0. The van der Waals surface area contributed by atoms with Crippen molar-refractivity contribution in [3.05, 3.63) is 54.3 Å². The first-order valence-corrected chi connectivity index (χ1v) is 8.02. The summed E-state index contributed by atoms with van der Waals surface area (Å²) in [6.45, 7) is 2.42. The van der Waals surface area contributed by atoms with Gasteiger partial charge in [-0.3, -0.25) is 4.72 Å². The van der Waals surface area contributed by atoms with Crippen molar-refractivity contribution in [2.75, 3.05) is 11.3 Å². The Hall–Kier alpha value is -2.08. The van der Waals surface area contributed by atoms with Crippen LogP contribution in [0.4, 0.5) is 10.1 Å². The molecule has 0 aromatic heterocycles. The Morgan fingerprint density at radius 3 is 2.48 bits per heavy atom. The molecule has 2 aromatic rings. The summed E-state index contributed by atoms with van der Waals surface area (Å²) in [6.07, 6.45) is 0.800. The van der Waals surface area contributed by atoms with E-state index in [-0.39, 0.29) is 5.69 Å². The largest absolute Gasteiger partial charge is 0.491 e. The van der Waals surface area contributed by atoms with E-state index >= 15 is 0 Å². The van der Waals surface area contributed by atoms with Crippen LogP contribution in [-0.4, -0.2) is 15.0 Å². The minimum absolute atomic E-state index is 0.286. The third-order valence-corrected chi connectivity index (χ3v) is 4.12. The van der Waals surface area contributed by atoms with Gasteiger partial charge in [0.05, 0.1) is 12.3 Å². The third-order valence-electron chi connectivity index (χ3n) is 2.72. The monoisotopic (exact) mass is 309 g/mol. The Kier molecular flexibility index (Phi) is 4.80. The molecule has 0 aliphatic carbocycles. The molecule has 0 heterocycles. The fraction of sp³-hybridized carbons (Fsp3) is 0.200. The van der Waals surface area contributed by atoms with Gasteiger partial charge in [-0.25, -0.2) is 12.8 Å². The number of hydrogen-bond donors (Lipinski definition) is 1. The van der Waals surface area contributed by atoms with Crippen LogP contribution in [0.25, 0.3) is 0 Å². The maximum absolute atomic E-state index is 13.6. The van der Waals surface area contributed by atoms with Gasteiger partial charge in [0.2, 0.25) is 0 Å². The second-order valence-electron chi connectivity index (χ2n) is 4.38. The molecule has 1 N–H and O–H groups in total. The summed E-state index contributed by atoms with van der Waals surface area (Å²) in [5, 5.41) is 0. The second-order valence-corrected chi connectivity index (χ2v) is 6.03. The van der Waals surface area contributed by atoms with Crippen LogP contribution >= 0.6 is 0 Å². The lowest BCUT2D eigenvalue weighted by atomic mass is 10.3. The van der Waals surface area contributed by atoms with Gasteiger partial charge >= 0.3 is 0 Å². The van der Waals surface area contributed by atoms with E-state index in [1.54, 1.807) is 24.3 Å². The van der Waals surface area contributed by atoms with Gasteiger partial charge in [0.25, 0.3) is 10.0 Å². The molecule has 6 heteroatoms. The van der Waals surface area contributed by atoms with E-state index in [4.69, 9.17) is 4.74 Å². The van der Waals surface area contributed by atoms with Crippen molar-refractivity contribution in [3.8, 4) is 5.75 Å². The van der Waals surface area contributed by atoms with E-state index in [9.17, 15) is 12.8 Å². The molecule has 0 bridgehead atoms. The molecular formula is C15H16FNO3S. The molecule has 0 fully saturated rings. The van der Waals surface area contributed by atoms with Crippen LogP contribution in [-0.2, 0) is 10.0 Å². The number of hydrogen-bond acceptors (Lipinski definition) is 3. The number of nitrogens with one attached hydrogen (secondary N) is 1. The molecule has 112 valence electrons. The molecule has 2 aromatic carbocycles. The molecule has 2 rings (SSSR count). The zero-order chi connectivity index (χ0) is 15.3. The average molecular weight is 309 g/mol. The zero-order valence-electron chi connectivity index (χ0n) is 11.5. The molecule has 21 heavy (non-hydrogen) atoms. The molecule has 0 radical (unpaired) electrons. The highest BCUT2D eigenvalue weighted by molar-refractivity contribution is 7.92. The molecule has 0 atom stereocenters. The van der Waals surface area contributed by atoms with Gasteiger partial charge in [-0.1, -0.05) is 31.2 Å². The lowest BCUT2D eigenvalue weighted by Gasteiger charge is -2.13. The number of rotatable bonds is 6. The number of para-hydroxylation sites is 2. The number of halogens is 1. The summed E-state index contributed by atoms with van der Waals surface area (Å²) in [4.78, 5) is -0.393. The van der Waals surface area contributed by atoms with E-state index in [1.807, 2.05) is 6.92 Å². The highest BCUT2D eigenvalue weighted by Gasteiger charge is 2.20. The van der Waals surface area contributed by atoms with Gasteiger partial charge in [0.15, 0.2) is 0 Å². The van der Waals surface area contributed by atoms with Gasteiger partial charge in [-0.2, -0.15) is 0 Å². The predicted molar refractivity (Wildman–Crippen MR) is 79.4 cm³/mol. The van der Waals surface area contributed by atoms with E-state index < -0.39 is 20.7 Å². The van der Waals surface area contributed by atoms with Crippen molar-refractivity contribution in [2.45, 2.75) is 18.2 Å². The molecule has 0 spiro atoms. The Morgan fingerprint density at radius 2 is 1.76 bits per heavy atom. The van der Waals surface area contributed by atoms with E-state index in [2.05, 4.69) is 4.72 Å². The smallest absolute Gasteiger partial charge is 0.264 e. The van der Waals surface area contributed by atoms with Crippen LogP contribution in [0.15, 0.2) is 53.4 Å². The number of benzene rings is 2. The Bertz CT molecular complexity index is 716. The van der Waals surface area contributed by atoms with Crippen LogP contribution in [0.2, 0.25) is 0 Å². The van der Waals surface area contributed by atoms with Crippen LogP contribution in [0.1, 0.15) is 13.3 Å². The number of ether oxygens (including phenoxy) is 1. The maximum atomic E-state index is 13.6. The van der Waals surface area contributed by atoms with Gasteiger partial charge in [-0.15, -0.1) is 0 Å². The summed E-state index contributed by atoms with van der Waals surface area (Å²) < 4.78 is 46.0. The van der Waals surface area contributed by atoms with Crippen molar-refractivity contribution in [2.24, 2.45) is 0 Å². The standard InChI is InChI=1S/C15H16FNO3S/c1-2-11-20-14-9-5-4-8-13(14)17-21(18,19)15-10-6-3-7-12(15)16/h3-10,17H,2,11H2,1H3. The third kappa shape index (κ3) is 3.72. The Balaban J connectivity index is 2.31. The minimum Gasteiger partial charge on any atom is -0.491 e. The van der Waals surface area contributed by atoms with Crippen molar-refractivity contribution in [1.29, 1.82) is 0 Å². The summed E-state index contributed by atoms with van der Waals surface area (Å²) in [5.74, 6) is -0.378. The van der Waals surface area contributed by atoms with Gasteiger partial charge in [0.1, 0.15) is 16.5 Å². The highest BCUT2D eigenvalue weighted by atomic mass is 32.2. The van der Waals surface area contributed by atoms with Gasteiger partial charge in [0, 0.05) is 0 Å². The van der Waals surface area contributed by atoms with E-state index in [0.29, 0.717) is 12.4 Å². The van der Waals surface area contributed by atoms with Crippen LogP contribution in [0.5, 0.6) is 5.75 Å².